The van der Waals surface area contributed by atoms with Crippen molar-refractivity contribution in [2.75, 3.05) is 20.2 Å². The minimum atomic E-state index is -0.783. The Morgan fingerprint density at radius 1 is 1.33 bits per heavy atom. The third kappa shape index (κ3) is 4.26. The lowest BCUT2D eigenvalue weighted by atomic mass is 9.97. The van der Waals surface area contributed by atoms with Gasteiger partial charge in [0, 0.05) is 12.1 Å². The van der Waals surface area contributed by atoms with Gasteiger partial charge in [-0.25, -0.2) is 0 Å². The number of para-hydroxylation sites is 1. The number of nitrogens with zero attached hydrogens (tertiary/aromatic N) is 1. The van der Waals surface area contributed by atoms with E-state index in [9.17, 15) is 14.7 Å². The lowest BCUT2D eigenvalue weighted by Gasteiger charge is -2.35. The van der Waals surface area contributed by atoms with Crippen molar-refractivity contribution in [3.63, 3.8) is 0 Å². The summed E-state index contributed by atoms with van der Waals surface area (Å²) in [7, 11) is 1.61. The number of methoxy groups -OCH3 is 1. The van der Waals surface area contributed by atoms with E-state index in [0.29, 0.717) is 13.0 Å². The molecule has 0 radical (unpaired) electrons. The third-order valence-corrected chi connectivity index (χ3v) is 4.69. The second-order valence-corrected chi connectivity index (χ2v) is 6.32. The van der Waals surface area contributed by atoms with Gasteiger partial charge in [0.25, 0.3) is 0 Å². The van der Waals surface area contributed by atoms with Gasteiger partial charge in [0.2, 0.25) is 5.91 Å². The topological polar surface area (TPSA) is 78.9 Å². The highest BCUT2D eigenvalue weighted by Gasteiger charge is 2.31. The number of piperidine rings is 1. The van der Waals surface area contributed by atoms with Crippen molar-refractivity contribution in [3.8, 4) is 5.75 Å². The molecule has 132 valence electrons. The summed E-state index contributed by atoms with van der Waals surface area (Å²) in [5, 5.41) is 12.2. The number of carbonyl (C=O) groups is 2. The van der Waals surface area contributed by atoms with Crippen LogP contribution < -0.4 is 10.1 Å². The molecule has 3 atom stereocenters. The van der Waals surface area contributed by atoms with Crippen molar-refractivity contribution in [1.82, 2.24) is 10.2 Å². The van der Waals surface area contributed by atoms with Crippen LogP contribution in [-0.2, 0) is 9.59 Å². The van der Waals surface area contributed by atoms with Crippen molar-refractivity contribution in [2.45, 2.75) is 38.8 Å². The monoisotopic (exact) mass is 334 g/mol. The van der Waals surface area contributed by atoms with Crippen LogP contribution >= 0.6 is 0 Å². The molecule has 24 heavy (non-hydrogen) atoms. The number of nitrogens with one attached hydrogen (secondary N) is 1. The molecular weight excluding hydrogens is 308 g/mol. The summed E-state index contributed by atoms with van der Waals surface area (Å²) in [6, 6.07) is 7.05. The van der Waals surface area contributed by atoms with E-state index in [1.807, 2.05) is 43.0 Å². The van der Waals surface area contributed by atoms with Gasteiger partial charge in [-0.3, -0.25) is 14.5 Å². The smallest absolute Gasteiger partial charge is 0.307 e. The Labute approximate surface area is 142 Å². The normalized spacial score (nSPS) is 20.9. The van der Waals surface area contributed by atoms with Gasteiger partial charge in [0.15, 0.2) is 0 Å². The Bertz CT molecular complexity index is 590. The van der Waals surface area contributed by atoms with Crippen molar-refractivity contribution in [1.29, 1.82) is 0 Å². The molecule has 1 aliphatic rings. The summed E-state index contributed by atoms with van der Waals surface area (Å²) < 4.78 is 5.34. The molecule has 1 aliphatic heterocycles. The maximum Gasteiger partial charge on any atom is 0.307 e. The molecule has 3 unspecified atom stereocenters. The van der Waals surface area contributed by atoms with Gasteiger partial charge in [-0.1, -0.05) is 18.2 Å². The number of ether oxygens (including phenoxy) is 1. The van der Waals surface area contributed by atoms with E-state index in [0.717, 1.165) is 24.3 Å². The molecule has 1 fully saturated rings. The number of carbonyl (C=O) groups excluding carboxylic acids is 1. The molecule has 2 N–H and O–H groups in total. The molecule has 1 aromatic carbocycles. The molecule has 6 nitrogen and oxygen atoms in total. The lowest BCUT2D eigenvalue weighted by Crippen LogP contribution is -2.50. The largest absolute Gasteiger partial charge is 0.496 e. The van der Waals surface area contributed by atoms with E-state index < -0.39 is 5.97 Å². The standard InChI is InChI=1S/C18H26N2O4/c1-12(15-8-4-5-9-16(15)24-3)19-17(21)13(2)20-10-6-7-14(11-20)18(22)23/h4-5,8-9,12-14H,6-7,10-11H2,1-3H3,(H,19,21)(H,22,23). The predicted molar refractivity (Wildman–Crippen MR) is 90.9 cm³/mol. The van der Waals surface area contributed by atoms with Crippen LogP contribution in [-0.4, -0.2) is 48.1 Å². The molecule has 0 aromatic heterocycles. The summed E-state index contributed by atoms with van der Waals surface area (Å²) in [5.74, 6) is -0.531. The molecular formula is C18H26N2O4. The average molecular weight is 334 g/mol. The summed E-state index contributed by atoms with van der Waals surface area (Å²) in [6.07, 6.45) is 1.48. The van der Waals surface area contributed by atoms with Crippen LogP contribution in [0.1, 0.15) is 38.3 Å². The number of carboxylic acid groups (broad SMARTS) is 1. The summed E-state index contributed by atoms with van der Waals surface area (Å²) in [6.45, 7) is 4.92. The van der Waals surface area contributed by atoms with Gasteiger partial charge in [-0.2, -0.15) is 0 Å². The van der Waals surface area contributed by atoms with Crippen molar-refractivity contribution >= 4 is 11.9 Å². The highest BCUT2D eigenvalue weighted by atomic mass is 16.5. The second-order valence-electron chi connectivity index (χ2n) is 6.32. The molecule has 0 bridgehead atoms. The predicted octanol–water partition coefficient (Wildman–Crippen LogP) is 2.06. The summed E-state index contributed by atoms with van der Waals surface area (Å²) >= 11 is 0. The molecule has 0 saturated carbocycles. The van der Waals surface area contributed by atoms with E-state index in [-0.39, 0.29) is 23.9 Å². The molecule has 1 saturated heterocycles. The fraction of sp³-hybridized carbons (Fsp3) is 0.556. The molecule has 1 amide bonds. The first-order chi connectivity index (χ1) is 11.4. The number of aliphatic carboxylic acids is 1. The lowest BCUT2D eigenvalue weighted by molar-refractivity contribution is -0.145. The highest BCUT2D eigenvalue weighted by Crippen LogP contribution is 2.25. The number of rotatable bonds is 6. The van der Waals surface area contributed by atoms with E-state index in [1.54, 1.807) is 7.11 Å². The van der Waals surface area contributed by atoms with Gasteiger partial charge in [0.1, 0.15) is 5.75 Å². The van der Waals surface area contributed by atoms with Crippen molar-refractivity contribution in [2.24, 2.45) is 5.92 Å². The zero-order chi connectivity index (χ0) is 17.7. The molecule has 1 aromatic rings. The minimum Gasteiger partial charge on any atom is -0.496 e. The fourth-order valence-electron chi connectivity index (χ4n) is 3.16. The Hall–Kier alpha value is -2.08. The Morgan fingerprint density at radius 2 is 2.04 bits per heavy atom. The Kier molecular flexibility index (Phi) is 6.20. The van der Waals surface area contributed by atoms with Crippen LogP contribution in [0.15, 0.2) is 24.3 Å². The number of benzene rings is 1. The first-order valence-corrected chi connectivity index (χ1v) is 8.34. The van der Waals surface area contributed by atoms with Crippen LogP contribution in [0.4, 0.5) is 0 Å². The van der Waals surface area contributed by atoms with E-state index in [4.69, 9.17) is 4.74 Å². The van der Waals surface area contributed by atoms with Gasteiger partial charge in [-0.05, 0) is 39.3 Å². The quantitative estimate of drug-likeness (QED) is 0.832. The van der Waals surface area contributed by atoms with E-state index in [1.165, 1.54) is 0 Å². The highest BCUT2D eigenvalue weighted by molar-refractivity contribution is 5.82. The van der Waals surface area contributed by atoms with Gasteiger partial charge in [-0.15, -0.1) is 0 Å². The van der Waals surface area contributed by atoms with Gasteiger partial charge < -0.3 is 15.2 Å². The Morgan fingerprint density at radius 3 is 2.71 bits per heavy atom. The Balaban J connectivity index is 1.99. The van der Waals surface area contributed by atoms with Crippen molar-refractivity contribution in [3.05, 3.63) is 29.8 Å². The van der Waals surface area contributed by atoms with Gasteiger partial charge in [0.05, 0.1) is 25.1 Å². The SMILES string of the molecule is COc1ccccc1C(C)NC(=O)C(C)N1CCCC(C(=O)O)C1. The number of carboxylic acids is 1. The summed E-state index contributed by atoms with van der Waals surface area (Å²) in [4.78, 5) is 25.7. The molecule has 2 rings (SSSR count). The van der Waals surface area contributed by atoms with E-state index in [2.05, 4.69) is 5.32 Å². The van der Waals surface area contributed by atoms with Crippen LogP contribution in [0.3, 0.4) is 0 Å². The second kappa shape index (κ2) is 8.15. The number of hydrogen-bond donors (Lipinski definition) is 2. The van der Waals surface area contributed by atoms with Gasteiger partial charge >= 0.3 is 5.97 Å². The average Bonchev–Trinajstić information content (AvgIpc) is 2.60. The number of likely N-dealkylation sites (tertiary alicyclic amines) is 1. The third-order valence-electron chi connectivity index (χ3n) is 4.69. The van der Waals surface area contributed by atoms with Crippen LogP contribution in [0.25, 0.3) is 0 Å². The maximum absolute atomic E-state index is 12.6. The zero-order valence-electron chi connectivity index (χ0n) is 14.5. The summed E-state index contributed by atoms with van der Waals surface area (Å²) in [5.41, 5.74) is 0.919. The maximum atomic E-state index is 12.6. The fourth-order valence-corrected chi connectivity index (χ4v) is 3.16. The van der Waals surface area contributed by atoms with E-state index >= 15 is 0 Å². The minimum absolute atomic E-state index is 0.0977. The first kappa shape index (κ1) is 18.3. The van der Waals surface area contributed by atoms with Crippen LogP contribution in [0.5, 0.6) is 5.75 Å². The molecule has 0 spiro atoms. The molecule has 6 heteroatoms. The first-order valence-electron chi connectivity index (χ1n) is 8.34. The van der Waals surface area contributed by atoms with Crippen molar-refractivity contribution < 1.29 is 19.4 Å². The molecule has 0 aliphatic carbocycles. The van der Waals surface area contributed by atoms with Crippen LogP contribution in [0, 0.1) is 5.92 Å². The number of hydrogen-bond acceptors (Lipinski definition) is 4. The number of amides is 1. The molecule has 1 heterocycles. The zero-order valence-corrected chi connectivity index (χ0v) is 14.5. The van der Waals surface area contributed by atoms with Crippen LogP contribution in [0.2, 0.25) is 0 Å².